The van der Waals surface area contributed by atoms with Crippen molar-refractivity contribution in [1.82, 2.24) is 24.7 Å². The van der Waals surface area contributed by atoms with E-state index in [0.717, 1.165) is 11.3 Å². The van der Waals surface area contributed by atoms with Gasteiger partial charge in [-0.3, -0.25) is 14.5 Å². The first kappa shape index (κ1) is 19.9. The largest absolute Gasteiger partial charge is 0.353 e. The molecule has 7 nitrogen and oxygen atoms in total. The van der Waals surface area contributed by atoms with Gasteiger partial charge in [0.15, 0.2) is 0 Å². The summed E-state index contributed by atoms with van der Waals surface area (Å²) in [5.74, 6) is -0.218. The van der Waals surface area contributed by atoms with Crippen molar-refractivity contribution in [3.05, 3.63) is 46.7 Å². The third kappa shape index (κ3) is 4.16. The van der Waals surface area contributed by atoms with Crippen molar-refractivity contribution in [2.24, 2.45) is 0 Å². The van der Waals surface area contributed by atoms with Crippen LogP contribution in [0, 0.1) is 5.82 Å². The molecule has 3 atom stereocenters. The van der Waals surface area contributed by atoms with Crippen LogP contribution in [0.4, 0.5) is 4.39 Å². The minimum Gasteiger partial charge on any atom is -0.353 e. The molecule has 2 amide bonds. The van der Waals surface area contributed by atoms with Crippen LogP contribution >= 0.6 is 11.5 Å². The lowest BCUT2D eigenvalue weighted by Crippen LogP contribution is -2.57. The van der Waals surface area contributed by atoms with E-state index in [1.165, 1.54) is 23.7 Å². The van der Waals surface area contributed by atoms with Gasteiger partial charge < -0.3 is 10.2 Å². The Labute approximate surface area is 173 Å². The van der Waals surface area contributed by atoms with Gasteiger partial charge in [0.1, 0.15) is 5.82 Å². The molecule has 2 fully saturated rings. The summed E-state index contributed by atoms with van der Waals surface area (Å²) in [5.41, 5.74) is 1.85. The molecular formula is C20H24FN5O2S. The first-order valence-electron chi connectivity index (χ1n) is 9.88. The van der Waals surface area contributed by atoms with E-state index in [-0.39, 0.29) is 42.1 Å². The smallest absolute Gasteiger partial charge is 0.237 e. The van der Waals surface area contributed by atoms with Crippen molar-refractivity contribution in [3.8, 4) is 0 Å². The van der Waals surface area contributed by atoms with Crippen molar-refractivity contribution in [2.45, 2.75) is 31.2 Å². The Morgan fingerprint density at radius 1 is 1.28 bits per heavy atom. The molecule has 154 valence electrons. The quantitative estimate of drug-likeness (QED) is 0.800. The van der Waals surface area contributed by atoms with Crippen LogP contribution in [0.1, 0.15) is 36.4 Å². The number of piperazine rings is 1. The molecule has 1 aromatic heterocycles. The van der Waals surface area contributed by atoms with Crippen LogP contribution in [-0.4, -0.2) is 70.0 Å². The van der Waals surface area contributed by atoms with Crippen molar-refractivity contribution in [3.63, 3.8) is 0 Å². The van der Waals surface area contributed by atoms with E-state index < -0.39 is 0 Å². The van der Waals surface area contributed by atoms with E-state index in [9.17, 15) is 14.0 Å². The highest BCUT2D eigenvalue weighted by molar-refractivity contribution is 7.03. The summed E-state index contributed by atoms with van der Waals surface area (Å²) in [5, 5.41) is 9.01. The maximum absolute atomic E-state index is 13.4. The molecule has 1 aromatic carbocycles. The Bertz CT molecular complexity index is 860. The third-order valence-electron chi connectivity index (χ3n) is 5.89. The fraction of sp³-hybridized carbons (Fsp3) is 0.500. The van der Waals surface area contributed by atoms with E-state index in [1.807, 2.05) is 22.1 Å². The number of carbonyl (C=O) groups is 2. The number of likely N-dealkylation sites (tertiary alicyclic amines) is 1. The van der Waals surface area contributed by atoms with E-state index in [2.05, 4.69) is 14.9 Å². The number of amides is 2. The molecule has 0 radical (unpaired) electrons. The standard InChI is InChI=1S/C20H24FN5O2S/c1-2-18-20(28)22-7-8-25(18)11-19(27)26-9-15(13-3-5-14(21)6-4-13)16(10-26)17-12-29-24-23-17/h3-6,12,15-16,18H,2,7-11H2,1H3,(H,22,28)/t15-,16+,18+/m0/s1. The number of halogens is 1. The molecule has 3 heterocycles. The zero-order valence-corrected chi connectivity index (χ0v) is 17.1. The van der Waals surface area contributed by atoms with Crippen molar-refractivity contribution >= 4 is 23.3 Å². The first-order chi connectivity index (χ1) is 14.1. The number of aromatic nitrogens is 2. The second-order valence-corrected chi connectivity index (χ2v) is 8.19. The Morgan fingerprint density at radius 2 is 2.03 bits per heavy atom. The number of rotatable bonds is 5. The minimum atomic E-state index is -0.277. The number of benzene rings is 1. The van der Waals surface area contributed by atoms with Gasteiger partial charge in [0.05, 0.1) is 18.3 Å². The molecule has 9 heteroatoms. The van der Waals surface area contributed by atoms with Gasteiger partial charge >= 0.3 is 0 Å². The number of hydrogen-bond acceptors (Lipinski definition) is 6. The third-order valence-corrected chi connectivity index (χ3v) is 6.42. The Kier molecular flexibility index (Phi) is 5.86. The fourth-order valence-electron chi connectivity index (χ4n) is 4.36. The Hall–Kier alpha value is -2.39. The SMILES string of the molecule is CC[C@@H]1C(=O)NCCN1CC(=O)N1C[C@@H](c2ccc(F)cc2)[C@H](c2csnn2)C1. The van der Waals surface area contributed by atoms with Crippen LogP contribution in [0.25, 0.3) is 0 Å². The molecule has 0 unspecified atom stereocenters. The van der Waals surface area contributed by atoms with Crippen LogP contribution in [0.2, 0.25) is 0 Å². The number of hydrogen-bond donors (Lipinski definition) is 1. The molecule has 0 spiro atoms. The molecule has 0 bridgehead atoms. The maximum Gasteiger partial charge on any atom is 0.237 e. The predicted octanol–water partition coefficient (Wildman–Crippen LogP) is 1.60. The van der Waals surface area contributed by atoms with Crippen molar-refractivity contribution < 1.29 is 14.0 Å². The zero-order valence-electron chi connectivity index (χ0n) is 16.3. The lowest BCUT2D eigenvalue weighted by atomic mass is 9.87. The second kappa shape index (κ2) is 8.54. The van der Waals surface area contributed by atoms with Gasteiger partial charge in [0, 0.05) is 43.4 Å². The van der Waals surface area contributed by atoms with Crippen LogP contribution in [-0.2, 0) is 9.59 Å². The molecule has 4 rings (SSSR count). The predicted molar refractivity (Wildman–Crippen MR) is 107 cm³/mol. The average molecular weight is 418 g/mol. The van der Waals surface area contributed by atoms with Crippen molar-refractivity contribution in [2.75, 3.05) is 32.7 Å². The van der Waals surface area contributed by atoms with E-state index in [4.69, 9.17) is 0 Å². The highest BCUT2D eigenvalue weighted by Crippen LogP contribution is 2.39. The summed E-state index contributed by atoms with van der Waals surface area (Å²) in [7, 11) is 0. The minimum absolute atomic E-state index is 0.0101. The number of nitrogens with one attached hydrogen (secondary N) is 1. The van der Waals surface area contributed by atoms with Gasteiger partial charge in [-0.15, -0.1) is 5.10 Å². The summed E-state index contributed by atoms with van der Waals surface area (Å²) < 4.78 is 17.4. The van der Waals surface area contributed by atoms with Gasteiger partial charge in [0.2, 0.25) is 11.8 Å². The van der Waals surface area contributed by atoms with Gasteiger partial charge in [-0.1, -0.05) is 23.5 Å². The van der Waals surface area contributed by atoms with Crippen LogP contribution < -0.4 is 5.32 Å². The van der Waals surface area contributed by atoms with Gasteiger partial charge in [-0.2, -0.15) is 0 Å². The Balaban J connectivity index is 1.51. The summed E-state index contributed by atoms with van der Waals surface area (Å²) in [6, 6.07) is 6.20. The summed E-state index contributed by atoms with van der Waals surface area (Å²) in [4.78, 5) is 29.0. The lowest BCUT2D eigenvalue weighted by Gasteiger charge is -2.34. The molecule has 29 heavy (non-hydrogen) atoms. The van der Waals surface area contributed by atoms with Gasteiger partial charge in [0.25, 0.3) is 0 Å². The van der Waals surface area contributed by atoms with Crippen molar-refractivity contribution in [1.29, 1.82) is 0 Å². The monoisotopic (exact) mass is 417 g/mol. The fourth-order valence-corrected chi connectivity index (χ4v) is 4.88. The van der Waals surface area contributed by atoms with E-state index in [1.54, 1.807) is 12.1 Å². The normalized spacial score (nSPS) is 25.2. The summed E-state index contributed by atoms with van der Waals surface area (Å²) in [6.07, 6.45) is 0.671. The van der Waals surface area contributed by atoms with Crippen LogP contribution in [0.5, 0.6) is 0 Å². The molecule has 2 aliphatic rings. The number of nitrogens with zero attached hydrogens (tertiary/aromatic N) is 4. The number of carbonyl (C=O) groups excluding carboxylic acids is 2. The highest BCUT2D eigenvalue weighted by Gasteiger charge is 2.39. The second-order valence-electron chi connectivity index (χ2n) is 7.58. The molecule has 1 N–H and O–H groups in total. The maximum atomic E-state index is 13.4. The van der Waals surface area contributed by atoms with Crippen LogP contribution in [0.3, 0.4) is 0 Å². The van der Waals surface area contributed by atoms with E-state index >= 15 is 0 Å². The highest BCUT2D eigenvalue weighted by atomic mass is 32.1. The van der Waals surface area contributed by atoms with Gasteiger partial charge in [-0.25, -0.2) is 4.39 Å². The topological polar surface area (TPSA) is 78.4 Å². The Morgan fingerprint density at radius 3 is 2.72 bits per heavy atom. The van der Waals surface area contributed by atoms with Crippen LogP contribution in [0.15, 0.2) is 29.6 Å². The lowest BCUT2D eigenvalue weighted by molar-refractivity contribution is -0.136. The van der Waals surface area contributed by atoms with Gasteiger partial charge in [-0.05, 0) is 35.6 Å². The molecule has 0 saturated carbocycles. The average Bonchev–Trinajstić information content (AvgIpc) is 3.38. The summed E-state index contributed by atoms with van der Waals surface area (Å²) in [6.45, 7) is 4.51. The molecule has 2 saturated heterocycles. The molecular weight excluding hydrogens is 393 g/mol. The molecule has 0 aliphatic carbocycles. The zero-order chi connectivity index (χ0) is 20.4. The molecule has 2 aliphatic heterocycles. The first-order valence-corrected chi connectivity index (χ1v) is 10.7. The molecule has 2 aromatic rings. The summed E-state index contributed by atoms with van der Waals surface area (Å²) >= 11 is 1.29. The van der Waals surface area contributed by atoms with E-state index in [0.29, 0.717) is 32.6 Å².